The zero-order chi connectivity index (χ0) is 19.1. The van der Waals surface area contributed by atoms with Crippen molar-refractivity contribution in [2.24, 2.45) is 0 Å². The summed E-state index contributed by atoms with van der Waals surface area (Å²) in [5.41, 5.74) is 6.69. The Kier molecular flexibility index (Phi) is 7.03. The molecule has 1 atom stereocenters. The molecular weight excluding hydrogens is 400 g/mol. The molecule has 0 aliphatic carbocycles. The molecule has 2 aromatic carbocycles. The zero-order valence-corrected chi connectivity index (χ0v) is 16.4. The van der Waals surface area contributed by atoms with E-state index in [0.29, 0.717) is 11.5 Å². The van der Waals surface area contributed by atoms with Crippen LogP contribution in [0.3, 0.4) is 0 Å². The van der Waals surface area contributed by atoms with Crippen molar-refractivity contribution in [1.82, 2.24) is 10.9 Å². The van der Waals surface area contributed by atoms with Crippen LogP contribution in [0.15, 0.2) is 46.9 Å². The van der Waals surface area contributed by atoms with E-state index in [1.54, 1.807) is 25.1 Å². The minimum absolute atomic E-state index is 0.203. The summed E-state index contributed by atoms with van der Waals surface area (Å²) in [5, 5.41) is 0. The standard InChI is InChI=1S/C19H21BrN2O4/c1-12-7-8-17(13(2)9-12)25-11-18(23)21-22-19(24)14(3)26-16-6-4-5-15(20)10-16/h4-10,14H,11H2,1-3H3,(H,21,23)(H,22,24). The van der Waals surface area contributed by atoms with Gasteiger partial charge in [0.25, 0.3) is 11.8 Å². The SMILES string of the molecule is Cc1ccc(OCC(=O)NNC(=O)C(C)Oc2cccc(Br)c2)c(C)c1. The third-order valence-electron chi connectivity index (χ3n) is 3.49. The first kappa shape index (κ1) is 19.8. The van der Waals surface area contributed by atoms with Crippen molar-refractivity contribution >= 4 is 27.7 Å². The lowest BCUT2D eigenvalue weighted by molar-refractivity contribution is -0.133. The quantitative estimate of drug-likeness (QED) is 0.703. The molecule has 0 spiro atoms. The predicted octanol–water partition coefficient (Wildman–Crippen LogP) is 3.06. The van der Waals surface area contributed by atoms with Crippen molar-refractivity contribution < 1.29 is 19.1 Å². The van der Waals surface area contributed by atoms with Crippen LogP contribution in [0.5, 0.6) is 11.5 Å². The molecule has 0 bridgehead atoms. The number of aryl methyl sites for hydroxylation is 2. The van der Waals surface area contributed by atoms with Gasteiger partial charge in [0.05, 0.1) is 0 Å². The summed E-state index contributed by atoms with van der Waals surface area (Å²) in [7, 11) is 0. The monoisotopic (exact) mass is 420 g/mol. The molecule has 0 saturated heterocycles. The van der Waals surface area contributed by atoms with Crippen LogP contribution >= 0.6 is 15.9 Å². The highest BCUT2D eigenvalue weighted by atomic mass is 79.9. The summed E-state index contributed by atoms with van der Waals surface area (Å²) in [6.07, 6.45) is -0.773. The smallest absolute Gasteiger partial charge is 0.279 e. The average molecular weight is 421 g/mol. The maximum Gasteiger partial charge on any atom is 0.279 e. The lowest BCUT2D eigenvalue weighted by Gasteiger charge is -2.15. The Morgan fingerprint density at radius 2 is 1.88 bits per heavy atom. The lowest BCUT2D eigenvalue weighted by Crippen LogP contribution is -2.48. The first-order valence-corrected chi connectivity index (χ1v) is 8.85. The number of amides is 2. The topological polar surface area (TPSA) is 76.7 Å². The fourth-order valence-corrected chi connectivity index (χ4v) is 2.55. The molecule has 0 saturated carbocycles. The Hall–Kier alpha value is -2.54. The molecule has 26 heavy (non-hydrogen) atoms. The maximum absolute atomic E-state index is 12.0. The van der Waals surface area contributed by atoms with Crippen LogP contribution in [-0.4, -0.2) is 24.5 Å². The number of ether oxygens (including phenoxy) is 2. The van der Waals surface area contributed by atoms with Gasteiger partial charge in [0.15, 0.2) is 12.7 Å². The number of benzene rings is 2. The van der Waals surface area contributed by atoms with E-state index in [2.05, 4.69) is 26.8 Å². The summed E-state index contributed by atoms with van der Waals surface area (Å²) in [6.45, 7) is 5.28. The Morgan fingerprint density at radius 1 is 1.12 bits per heavy atom. The molecule has 0 heterocycles. The Morgan fingerprint density at radius 3 is 2.58 bits per heavy atom. The van der Waals surface area contributed by atoms with Crippen molar-refractivity contribution in [2.75, 3.05) is 6.61 Å². The summed E-state index contributed by atoms with van der Waals surface area (Å²) in [5.74, 6) is 0.243. The molecule has 2 rings (SSSR count). The van der Waals surface area contributed by atoms with Gasteiger partial charge in [0.1, 0.15) is 11.5 Å². The van der Waals surface area contributed by atoms with Gasteiger partial charge < -0.3 is 9.47 Å². The first-order chi connectivity index (χ1) is 12.3. The normalized spacial score (nSPS) is 11.4. The minimum Gasteiger partial charge on any atom is -0.483 e. The van der Waals surface area contributed by atoms with E-state index in [0.717, 1.165) is 15.6 Å². The highest BCUT2D eigenvalue weighted by Gasteiger charge is 2.15. The van der Waals surface area contributed by atoms with Gasteiger partial charge in [-0.3, -0.25) is 20.4 Å². The predicted molar refractivity (Wildman–Crippen MR) is 102 cm³/mol. The van der Waals surface area contributed by atoms with E-state index in [-0.39, 0.29) is 6.61 Å². The first-order valence-electron chi connectivity index (χ1n) is 8.06. The van der Waals surface area contributed by atoms with Crippen molar-refractivity contribution in [1.29, 1.82) is 0 Å². The van der Waals surface area contributed by atoms with Crippen molar-refractivity contribution in [3.8, 4) is 11.5 Å². The molecule has 0 aliphatic rings. The number of hydrogen-bond acceptors (Lipinski definition) is 4. The lowest BCUT2D eigenvalue weighted by atomic mass is 10.1. The molecular formula is C19H21BrN2O4. The highest BCUT2D eigenvalue weighted by molar-refractivity contribution is 9.10. The highest BCUT2D eigenvalue weighted by Crippen LogP contribution is 2.19. The fourth-order valence-electron chi connectivity index (χ4n) is 2.17. The summed E-state index contributed by atoms with van der Waals surface area (Å²) >= 11 is 3.33. The van der Waals surface area contributed by atoms with Gasteiger partial charge in [-0.05, 0) is 50.6 Å². The van der Waals surface area contributed by atoms with Crippen LogP contribution in [0.4, 0.5) is 0 Å². The van der Waals surface area contributed by atoms with E-state index in [1.165, 1.54) is 0 Å². The number of carbonyl (C=O) groups is 2. The van der Waals surface area contributed by atoms with Crippen molar-refractivity contribution in [2.45, 2.75) is 26.9 Å². The number of hydrazine groups is 1. The molecule has 0 aromatic heterocycles. The number of rotatable bonds is 6. The zero-order valence-electron chi connectivity index (χ0n) is 14.8. The van der Waals surface area contributed by atoms with Crippen LogP contribution < -0.4 is 20.3 Å². The molecule has 6 nitrogen and oxygen atoms in total. The van der Waals surface area contributed by atoms with E-state index in [9.17, 15) is 9.59 Å². The summed E-state index contributed by atoms with van der Waals surface area (Å²) in [4.78, 5) is 23.8. The average Bonchev–Trinajstić information content (AvgIpc) is 2.58. The van der Waals surface area contributed by atoms with E-state index >= 15 is 0 Å². The molecule has 0 radical (unpaired) electrons. The molecule has 2 N–H and O–H groups in total. The second kappa shape index (κ2) is 9.24. The second-order valence-corrected chi connectivity index (χ2v) is 6.73. The molecule has 2 amide bonds. The van der Waals surface area contributed by atoms with Gasteiger partial charge in [0.2, 0.25) is 0 Å². The Balaban J connectivity index is 1.76. The third kappa shape index (κ3) is 6.07. The number of carbonyl (C=O) groups excluding carboxylic acids is 2. The van der Waals surface area contributed by atoms with Crippen LogP contribution in [0, 0.1) is 13.8 Å². The molecule has 2 aromatic rings. The Bertz CT molecular complexity index is 795. The Labute approximate surface area is 161 Å². The van der Waals surface area contributed by atoms with Gasteiger partial charge in [-0.25, -0.2) is 0 Å². The van der Waals surface area contributed by atoms with Gasteiger partial charge in [0, 0.05) is 4.47 Å². The number of nitrogens with one attached hydrogen (secondary N) is 2. The van der Waals surface area contributed by atoms with Gasteiger partial charge in [-0.15, -0.1) is 0 Å². The van der Waals surface area contributed by atoms with E-state index in [4.69, 9.17) is 9.47 Å². The van der Waals surface area contributed by atoms with Gasteiger partial charge in [-0.1, -0.05) is 39.7 Å². The van der Waals surface area contributed by atoms with Crippen LogP contribution in [-0.2, 0) is 9.59 Å². The number of hydrogen-bond donors (Lipinski definition) is 2. The molecule has 0 fully saturated rings. The van der Waals surface area contributed by atoms with Crippen LogP contribution in [0.2, 0.25) is 0 Å². The molecule has 138 valence electrons. The van der Waals surface area contributed by atoms with Gasteiger partial charge >= 0.3 is 0 Å². The minimum atomic E-state index is -0.773. The van der Waals surface area contributed by atoms with Crippen molar-refractivity contribution in [3.05, 3.63) is 58.1 Å². The van der Waals surface area contributed by atoms with E-state index in [1.807, 2.05) is 38.1 Å². The molecule has 7 heteroatoms. The summed E-state index contributed by atoms with van der Waals surface area (Å²) in [6, 6.07) is 12.8. The van der Waals surface area contributed by atoms with Crippen molar-refractivity contribution in [3.63, 3.8) is 0 Å². The van der Waals surface area contributed by atoms with Gasteiger partial charge in [-0.2, -0.15) is 0 Å². The largest absolute Gasteiger partial charge is 0.483 e. The number of halogens is 1. The summed E-state index contributed by atoms with van der Waals surface area (Å²) < 4.78 is 11.8. The molecule has 1 unspecified atom stereocenters. The van der Waals surface area contributed by atoms with Crippen LogP contribution in [0.25, 0.3) is 0 Å². The fraction of sp³-hybridized carbons (Fsp3) is 0.263. The third-order valence-corrected chi connectivity index (χ3v) is 3.99. The molecule has 0 aliphatic heterocycles. The van der Waals surface area contributed by atoms with Crippen LogP contribution in [0.1, 0.15) is 18.1 Å². The maximum atomic E-state index is 12.0. The second-order valence-electron chi connectivity index (χ2n) is 5.81. The van der Waals surface area contributed by atoms with E-state index < -0.39 is 17.9 Å².